The Balaban J connectivity index is 1.92. The van der Waals surface area contributed by atoms with Gasteiger partial charge in [-0.25, -0.2) is 5.43 Å². The quantitative estimate of drug-likeness (QED) is 0.682. The number of rotatable bonds is 4. The molecule has 1 heterocycles. The van der Waals surface area contributed by atoms with Crippen LogP contribution in [0.4, 0.5) is 0 Å². The van der Waals surface area contributed by atoms with Gasteiger partial charge in [-0.3, -0.25) is 9.80 Å². The molecule has 2 fully saturated rings. The van der Waals surface area contributed by atoms with Crippen LogP contribution in [0, 0.1) is 5.92 Å². The van der Waals surface area contributed by atoms with Gasteiger partial charge in [0.2, 0.25) is 5.91 Å². The molecule has 1 amide bonds. The van der Waals surface area contributed by atoms with Crippen LogP contribution >= 0.6 is 0 Å². The molecule has 0 radical (unpaired) electrons. The summed E-state index contributed by atoms with van der Waals surface area (Å²) in [6.07, 6.45) is 3.75. The average Bonchev–Trinajstić information content (AvgIpc) is 2.92. The average molecular weight is 198 g/mol. The molecular formula is C10H18N2O2. The molecule has 80 valence electrons. The topological polar surface area (TPSA) is 52.6 Å². The van der Waals surface area contributed by atoms with Crippen LogP contribution in [-0.2, 0) is 4.79 Å². The largest absolute Gasteiger partial charge is 0.396 e. The number of hydrogen-bond donors (Lipinski definition) is 2. The summed E-state index contributed by atoms with van der Waals surface area (Å²) in [6.45, 7) is 2.89. The van der Waals surface area contributed by atoms with E-state index in [-0.39, 0.29) is 18.1 Å². The molecule has 2 N–H and O–H groups in total. The minimum atomic E-state index is -0.00740. The Labute approximate surface area is 84.2 Å². The van der Waals surface area contributed by atoms with Gasteiger partial charge in [-0.1, -0.05) is 0 Å². The summed E-state index contributed by atoms with van der Waals surface area (Å²) in [5, 5.41) is 10.4. The fourth-order valence-electron chi connectivity index (χ4n) is 2.19. The Hall–Kier alpha value is -0.610. The summed E-state index contributed by atoms with van der Waals surface area (Å²) < 4.78 is 0. The molecule has 2 rings (SSSR count). The van der Waals surface area contributed by atoms with E-state index < -0.39 is 0 Å². The Morgan fingerprint density at radius 3 is 2.93 bits per heavy atom. The van der Waals surface area contributed by atoms with Gasteiger partial charge in [0, 0.05) is 25.1 Å². The lowest BCUT2D eigenvalue weighted by Crippen LogP contribution is -2.46. The van der Waals surface area contributed by atoms with Crippen LogP contribution in [0.1, 0.15) is 32.6 Å². The molecule has 1 atom stereocenters. The Morgan fingerprint density at radius 2 is 2.36 bits per heavy atom. The maximum Gasteiger partial charge on any atom is 0.238 e. The fourth-order valence-corrected chi connectivity index (χ4v) is 2.19. The third-order valence-corrected chi connectivity index (χ3v) is 3.23. The maximum absolute atomic E-state index is 11.6. The van der Waals surface area contributed by atoms with Crippen molar-refractivity contribution >= 4 is 5.91 Å². The van der Waals surface area contributed by atoms with E-state index in [1.54, 1.807) is 5.01 Å². The predicted molar refractivity (Wildman–Crippen MR) is 52.3 cm³/mol. The van der Waals surface area contributed by atoms with E-state index in [9.17, 15) is 4.79 Å². The van der Waals surface area contributed by atoms with Crippen LogP contribution in [0.2, 0.25) is 0 Å². The van der Waals surface area contributed by atoms with Crippen LogP contribution in [-0.4, -0.2) is 34.7 Å². The summed E-state index contributed by atoms with van der Waals surface area (Å²) in [5.74, 6) is 0.846. The van der Waals surface area contributed by atoms with Crippen LogP contribution in [0.3, 0.4) is 0 Å². The molecule has 2 aliphatic rings. The summed E-state index contributed by atoms with van der Waals surface area (Å²) in [7, 11) is 0. The number of hydrogen-bond acceptors (Lipinski definition) is 3. The van der Waals surface area contributed by atoms with Crippen molar-refractivity contribution in [1.82, 2.24) is 10.4 Å². The highest BCUT2D eigenvalue weighted by atomic mass is 16.3. The van der Waals surface area contributed by atoms with Gasteiger partial charge in [0.25, 0.3) is 0 Å². The minimum Gasteiger partial charge on any atom is -0.396 e. The first kappa shape index (κ1) is 9.93. The van der Waals surface area contributed by atoms with Crippen LogP contribution in [0.15, 0.2) is 0 Å². The van der Waals surface area contributed by atoms with Crippen molar-refractivity contribution in [1.29, 1.82) is 0 Å². The van der Waals surface area contributed by atoms with Gasteiger partial charge in [0.1, 0.15) is 0 Å². The lowest BCUT2D eigenvalue weighted by atomic mass is 9.94. The Kier molecular flexibility index (Phi) is 2.49. The molecule has 4 heteroatoms. The molecule has 0 aromatic rings. The van der Waals surface area contributed by atoms with Crippen molar-refractivity contribution in [3.8, 4) is 0 Å². The van der Waals surface area contributed by atoms with E-state index >= 15 is 0 Å². The van der Waals surface area contributed by atoms with E-state index in [1.807, 2.05) is 0 Å². The second-order valence-corrected chi connectivity index (χ2v) is 4.60. The highest BCUT2D eigenvalue weighted by molar-refractivity contribution is 5.79. The van der Waals surface area contributed by atoms with Gasteiger partial charge >= 0.3 is 0 Å². The van der Waals surface area contributed by atoms with Crippen LogP contribution in [0.25, 0.3) is 0 Å². The SMILES string of the molecule is CC1(C2CC2)CC(=O)N(CCCO)N1. The van der Waals surface area contributed by atoms with Gasteiger partial charge in [0.15, 0.2) is 0 Å². The number of aliphatic hydroxyl groups is 1. The van der Waals surface area contributed by atoms with E-state index in [0.29, 0.717) is 25.3 Å². The van der Waals surface area contributed by atoms with E-state index in [4.69, 9.17) is 5.11 Å². The normalized spacial score (nSPS) is 32.7. The molecule has 1 unspecified atom stereocenters. The van der Waals surface area contributed by atoms with Crippen molar-refractivity contribution in [2.75, 3.05) is 13.2 Å². The van der Waals surface area contributed by atoms with Gasteiger partial charge in [-0.2, -0.15) is 0 Å². The summed E-state index contributed by atoms with van der Waals surface area (Å²) in [4.78, 5) is 11.6. The Bertz CT molecular complexity index is 240. The molecule has 4 nitrogen and oxygen atoms in total. The zero-order valence-corrected chi connectivity index (χ0v) is 8.62. The summed E-state index contributed by atoms with van der Waals surface area (Å²) >= 11 is 0. The molecule has 1 saturated carbocycles. The molecule has 1 aliphatic carbocycles. The lowest BCUT2D eigenvalue weighted by molar-refractivity contribution is -0.129. The van der Waals surface area contributed by atoms with Crippen molar-refractivity contribution in [3.63, 3.8) is 0 Å². The number of carbonyl (C=O) groups excluding carboxylic acids is 1. The first-order chi connectivity index (χ1) is 6.65. The van der Waals surface area contributed by atoms with Gasteiger partial charge in [-0.05, 0) is 32.1 Å². The lowest BCUT2D eigenvalue weighted by Gasteiger charge is -2.25. The number of carbonyl (C=O) groups is 1. The second kappa shape index (κ2) is 3.51. The molecule has 1 saturated heterocycles. The monoisotopic (exact) mass is 198 g/mol. The van der Waals surface area contributed by atoms with Crippen LogP contribution in [0.5, 0.6) is 0 Å². The van der Waals surface area contributed by atoms with Gasteiger partial charge < -0.3 is 5.11 Å². The number of nitrogens with zero attached hydrogens (tertiary/aromatic N) is 1. The number of hydrazine groups is 1. The zero-order chi connectivity index (χ0) is 10.2. The van der Waals surface area contributed by atoms with Crippen molar-refractivity contribution in [2.24, 2.45) is 5.92 Å². The summed E-state index contributed by atoms with van der Waals surface area (Å²) in [5.41, 5.74) is 3.28. The molecule has 1 aliphatic heterocycles. The molecular weight excluding hydrogens is 180 g/mol. The highest BCUT2D eigenvalue weighted by Crippen LogP contribution is 2.43. The van der Waals surface area contributed by atoms with Crippen molar-refractivity contribution in [2.45, 2.75) is 38.1 Å². The summed E-state index contributed by atoms with van der Waals surface area (Å²) in [6, 6.07) is 0. The molecule has 0 aromatic heterocycles. The molecule has 0 aromatic carbocycles. The van der Waals surface area contributed by atoms with Crippen LogP contribution < -0.4 is 5.43 Å². The Morgan fingerprint density at radius 1 is 1.64 bits per heavy atom. The predicted octanol–water partition coefficient (Wildman–Crippen LogP) is 0.274. The van der Waals surface area contributed by atoms with E-state index in [1.165, 1.54) is 12.8 Å². The minimum absolute atomic E-state index is 0.00740. The molecule has 0 bridgehead atoms. The zero-order valence-electron chi connectivity index (χ0n) is 8.62. The number of aliphatic hydroxyl groups excluding tert-OH is 1. The van der Waals surface area contributed by atoms with E-state index in [2.05, 4.69) is 12.3 Å². The van der Waals surface area contributed by atoms with Crippen molar-refractivity contribution < 1.29 is 9.90 Å². The smallest absolute Gasteiger partial charge is 0.238 e. The van der Waals surface area contributed by atoms with Gasteiger partial charge in [0.05, 0.1) is 0 Å². The number of nitrogens with one attached hydrogen (secondary N) is 1. The third-order valence-electron chi connectivity index (χ3n) is 3.23. The third kappa shape index (κ3) is 1.77. The van der Waals surface area contributed by atoms with Crippen molar-refractivity contribution in [3.05, 3.63) is 0 Å². The highest BCUT2D eigenvalue weighted by Gasteiger charge is 2.48. The first-order valence-electron chi connectivity index (χ1n) is 5.35. The first-order valence-corrected chi connectivity index (χ1v) is 5.35. The standard InChI is InChI=1S/C10H18N2O2/c1-10(8-3-4-8)7-9(14)12(11-10)5-2-6-13/h8,11,13H,2-7H2,1H3. The molecule has 14 heavy (non-hydrogen) atoms. The van der Waals surface area contributed by atoms with Gasteiger partial charge in [-0.15, -0.1) is 0 Å². The number of amides is 1. The second-order valence-electron chi connectivity index (χ2n) is 4.60. The fraction of sp³-hybridized carbons (Fsp3) is 0.900. The van der Waals surface area contributed by atoms with E-state index in [0.717, 1.165) is 0 Å². The maximum atomic E-state index is 11.6. The molecule has 0 spiro atoms.